The molecule has 2 atom stereocenters. The quantitative estimate of drug-likeness (QED) is 0.942. The first kappa shape index (κ1) is 17.0. The Kier molecular flexibility index (Phi) is 6.00. The SMILES string of the molecule is CC(N)C1CCCCN1Cc1cnn(-c2ccccc2)c1.Cl. The summed E-state index contributed by atoms with van der Waals surface area (Å²) in [6.07, 6.45) is 7.88. The molecule has 1 aliphatic heterocycles. The first-order valence-electron chi connectivity index (χ1n) is 7.82. The van der Waals surface area contributed by atoms with Gasteiger partial charge in [-0.25, -0.2) is 4.68 Å². The van der Waals surface area contributed by atoms with Crippen LogP contribution < -0.4 is 5.73 Å². The van der Waals surface area contributed by atoms with Crippen molar-refractivity contribution in [1.29, 1.82) is 0 Å². The van der Waals surface area contributed by atoms with Crippen molar-refractivity contribution in [2.75, 3.05) is 6.54 Å². The van der Waals surface area contributed by atoms with E-state index in [9.17, 15) is 0 Å². The number of rotatable bonds is 4. The van der Waals surface area contributed by atoms with Crippen LogP contribution in [0, 0.1) is 0 Å². The molecule has 2 N–H and O–H groups in total. The predicted octanol–water partition coefficient (Wildman–Crippen LogP) is 3.00. The lowest BCUT2D eigenvalue weighted by Crippen LogP contribution is -2.48. The molecule has 0 aliphatic carbocycles. The van der Waals surface area contributed by atoms with Crippen molar-refractivity contribution in [2.24, 2.45) is 5.73 Å². The van der Waals surface area contributed by atoms with Crippen LogP contribution in [0.3, 0.4) is 0 Å². The summed E-state index contributed by atoms with van der Waals surface area (Å²) in [5.74, 6) is 0. The Bertz CT molecular complexity index is 567. The molecule has 1 saturated heterocycles. The first-order chi connectivity index (χ1) is 10.2. The molecular formula is C17H25ClN4. The smallest absolute Gasteiger partial charge is 0.0645 e. The summed E-state index contributed by atoms with van der Waals surface area (Å²) < 4.78 is 1.94. The lowest BCUT2D eigenvalue weighted by molar-refractivity contribution is 0.123. The van der Waals surface area contributed by atoms with Crippen LogP contribution in [-0.4, -0.2) is 33.3 Å². The Balaban J connectivity index is 0.00000176. The molecule has 1 aliphatic rings. The van der Waals surface area contributed by atoms with Gasteiger partial charge in [-0.1, -0.05) is 24.6 Å². The van der Waals surface area contributed by atoms with E-state index in [4.69, 9.17) is 5.73 Å². The Hall–Kier alpha value is -1.36. The number of aromatic nitrogens is 2. The normalized spacial score (nSPS) is 20.4. The Morgan fingerprint density at radius 1 is 1.27 bits per heavy atom. The molecule has 0 bridgehead atoms. The van der Waals surface area contributed by atoms with Crippen LogP contribution in [0.5, 0.6) is 0 Å². The van der Waals surface area contributed by atoms with E-state index in [1.54, 1.807) is 0 Å². The van der Waals surface area contributed by atoms with E-state index in [1.807, 2.05) is 29.1 Å². The maximum Gasteiger partial charge on any atom is 0.0645 e. The number of para-hydroxylation sites is 1. The zero-order valence-corrected chi connectivity index (χ0v) is 13.9. The fourth-order valence-electron chi connectivity index (χ4n) is 3.21. The maximum atomic E-state index is 6.14. The van der Waals surface area contributed by atoms with E-state index in [0.717, 1.165) is 18.8 Å². The van der Waals surface area contributed by atoms with Crippen molar-refractivity contribution in [1.82, 2.24) is 14.7 Å². The van der Waals surface area contributed by atoms with Crippen LogP contribution in [0.4, 0.5) is 0 Å². The van der Waals surface area contributed by atoms with Gasteiger partial charge in [0.05, 0.1) is 11.9 Å². The van der Waals surface area contributed by atoms with E-state index in [-0.39, 0.29) is 18.4 Å². The van der Waals surface area contributed by atoms with Gasteiger partial charge in [0.2, 0.25) is 0 Å². The molecule has 0 radical (unpaired) electrons. The summed E-state index contributed by atoms with van der Waals surface area (Å²) in [7, 11) is 0. The second kappa shape index (κ2) is 7.77. The standard InChI is InChI=1S/C17H24N4.ClH/c1-14(18)17-9-5-6-10-20(17)12-15-11-19-21(13-15)16-7-3-2-4-8-16;/h2-4,7-8,11,13-14,17H,5-6,9-10,12,18H2,1H3;1H. The van der Waals surface area contributed by atoms with Gasteiger partial charge in [-0.3, -0.25) is 4.90 Å². The topological polar surface area (TPSA) is 47.1 Å². The molecule has 0 spiro atoms. The summed E-state index contributed by atoms with van der Waals surface area (Å²) in [5, 5.41) is 4.48. The molecule has 1 aromatic heterocycles. The molecule has 120 valence electrons. The van der Waals surface area contributed by atoms with E-state index in [2.05, 4.69) is 35.3 Å². The summed E-state index contributed by atoms with van der Waals surface area (Å²) in [6.45, 7) is 4.21. The maximum absolute atomic E-state index is 6.14. The second-order valence-corrected chi connectivity index (χ2v) is 6.02. The van der Waals surface area contributed by atoms with Crippen molar-refractivity contribution >= 4 is 12.4 Å². The number of piperidine rings is 1. The number of nitrogens with two attached hydrogens (primary N) is 1. The summed E-state index contributed by atoms with van der Waals surface area (Å²) in [5.41, 5.74) is 8.50. The zero-order valence-electron chi connectivity index (χ0n) is 13.1. The molecular weight excluding hydrogens is 296 g/mol. The largest absolute Gasteiger partial charge is 0.327 e. The lowest BCUT2D eigenvalue weighted by atomic mass is 9.96. The van der Waals surface area contributed by atoms with Crippen molar-refractivity contribution in [3.05, 3.63) is 48.3 Å². The molecule has 2 unspecified atom stereocenters. The Morgan fingerprint density at radius 3 is 2.77 bits per heavy atom. The third kappa shape index (κ3) is 3.88. The molecule has 2 aromatic rings. The molecule has 2 heterocycles. The van der Waals surface area contributed by atoms with Crippen LogP contribution in [-0.2, 0) is 6.54 Å². The molecule has 1 aromatic carbocycles. The molecule has 5 heteroatoms. The van der Waals surface area contributed by atoms with E-state index in [1.165, 1.54) is 24.8 Å². The van der Waals surface area contributed by atoms with Crippen molar-refractivity contribution in [3.63, 3.8) is 0 Å². The molecule has 3 rings (SSSR count). The van der Waals surface area contributed by atoms with Crippen molar-refractivity contribution in [2.45, 2.75) is 44.8 Å². The Labute approximate surface area is 138 Å². The van der Waals surface area contributed by atoms with Crippen LogP contribution >= 0.6 is 12.4 Å². The molecule has 1 fully saturated rings. The van der Waals surface area contributed by atoms with Crippen LogP contribution in [0.15, 0.2) is 42.7 Å². The van der Waals surface area contributed by atoms with Gasteiger partial charge in [-0.05, 0) is 38.4 Å². The lowest BCUT2D eigenvalue weighted by Gasteiger charge is -2.37. The highest BCUT2D eigenvalue weighted by Crippen LogP contribution is 2.21. The summed E-state index contributed by atoms with van der Waals surface area (Å²) in [6, 6.07) is 11.0. The minimum Gasteiger partial charge on any atom is -0.327 e. The van der Waals surface area contributed by atoms with E-state index in [0.29, 0.717) is 6.04 Å². The van der Waals surface area contributed by atoms with Gasteiger partial charge in [-0.2, -0.15) is 5.10 Å². The van der Waals surface area contributed by atoms with E-state index >= 15 is 0 Å². The minimum atomic E-state index is 0. The second-order valence-electron chi connectivity index (χ2n) is 6.02. The van der Waals surface area contributed by atoms with Crippen LogP contribution in [0.1, 0.15) is 31.7 Å². The summed E-state index contributed by atoms with van der Waals surface area (Å²) in [4.78, 5) is 2.51. The fraction of sp³-hybridized carbons (Fsp3) is 0.471. The first-order valence-corrected chi connectivity index (χ1v) is 7.82. The number of hydrogen-bond donors (Lipinski definition) is 1. The monoisotopic (exact) mass is 320 g/mol. The van der Waals surface area contributed by atoms with Crippen molar-refractivity contribution in [3.8, 4) is 5.69 Å². The third-order valence-corrected chi connectivity index (χ3v) is 4.31. The number of likely N-dealkylation sites (tertiary alicyclic amines) is 1. The number of benzene rings is 1. The number of hydrogen-bond acceptors (Lipinski definition) is 3. The van der Waals surface area contributed by atoms with Gasteiger partial charge in [0.25, 0.3) is 0 Å². The Morgan fingerprint density at radius 2 is 2.05 bits per heavy atom. The minimum absolute atomic E-state index is 0. The fourth-order valence-corrected chi connectivity index (χ4v) is 3.21. The average molecular weight is 321 g/mol. The van der Waals surface area contributed by atoms with Gasteiger partial charge < -0.3 is 5.73 Å². The highest BCUT2D eigenvalue weighted by molar-refractivity contribution is 5.85. The summed E-state index contributed by atoms with van der Waals surface area (Å²) >= 11 is 0. The molecule has 0 saturated carbocycles. The number of halogens is 1. The van der Waals surface area contributed by atoms with Crippen LogP contribution in [0.25, 0.3) is 5.69 Å². The highest BCUT2D eigenvalue weighted by atomic mass is 35.5. The van der Waals surface area contributed by atoms with Gasteiger partial charge in [0, 0.05) is 30.4 Å². The zero-order chi connectivity index (χ0) is 14.7. The van der Waals surface area contributed by atoms with Gasteiger partial charge in [0.15, 0.2) is 0 Å². The number of nitrogens with zero attached hydrogens (tertiary/aromatic N) is 3. The molecule has 22 heavy (non-hydrogen) atoms. The highest BCUT2D eigenvalue weighted by Gasteiger charge is 2.25. The van der Waals surface area contributed by atoms with Gasteiger partial charge in [0.1, 0.15) is 0 Å². The van der Waals surface area contributed by atoms with Crippen LogP contribution in [0.2, 0.25) is 0 Å². The molecule has 0 amide bonds. The van der Waals surface area contributed by atoms with E-state index < -0.39 is 0 Å². The third-order valence-electron chi connectivity index (χ3n) is 4.31. The van der Waals surface area contributed by atoms with Crippen molar-refractivity contribution < 1.29 is 0 Å². The molecule has 4 nitrogen and oxygen atoms in total. The average Bonchev–Trinajstić information content (AvgIpc) is 2.97. The van der Waals surface area contributed by atoms with Gasteiger partial charge in [-0.15, -0.1) is 12.4 Å². The predicted molar refractivity (Wildman–Crippen MR) is 92.5 cm³/mol. The van der Waals surface area contributed by atoms with Gasteiger partial charge >= 0.3 is 0 Å².